The lowest BCUT2D eigenvalue weighted by molar-refractivity contribution is 0.0122. The molecule has 1 rings (SSSR count). The van der Waals surface area contributed by atoms with Crippen molar-refractivity contribution in [3.8, 4) is 0 Å². The molecular weight excluding hydrogens is 202 g/mol. The third kappa shape index (κ3) is 2.31. The predicted molar refractivity (Wildman–Crippen MR) is 67.4 cm³/mol. The first-order valence-electron chi connectivity index (χ1n) is 5.60. The van der Waals surface area contributed by atoms with E-state index in [1.165, 1.54) is 0 Å². The minimum atomic E-state index is -1.54. The first-order chi connectivity index (χ1) is 7.23. The molecule has 0 saturated heterocycles. The van der Waals surface area contributed by atoms with Crippen molar-refractivity contribution in [2.24, 2.45) is 16.4 Å². The van der Waals surface area contributed by atoms with Crippen LogP contribution < -0.4 is 0 Å². The highest BCUT2D eigenvalue weighted by atomic mass is 19.1. The molecule has 1 fully saturated rings. The standard InChI is InChI=1S/C12H20BFN2/c1-6-10(15-16(4)5)11(9(2)3)7-12(13,14)8-11/h6,9H,1,7-8H2,2-5H3/b15-10+. The third-order valence-corrected chi connectivity index (χ3v) is 3.34. The second-order valence-electron chi connectivity index (χ2n) is 5.24. The zero-order chi connectivity index (χ0) is 12.6. The summed E-state index contributed by atoms with van der Waals surface area (Å²) in [6.45, 7) is 7.92. The van der Waals surface area contributed by atoms with Gasteiger partial charge in [-0.05, 0) is 24.8 Å². The topological polar surface area (TPSA) is 15.6 Å². The molecule has 1 saturated carbocycles. The number of nitrogens with zero attached hydrogens (tertiary/aromatic N) is 2. The van der Waals surface area contributed by atoms with Gasteiger partial charge in [-0.15, -0.1) is 0 Å². The Hall–Kier alpha value is -0.795. The zero-order valence-electron chi connectivity index (χ0n) is 10.6. The summed E-state index contributed by atoms with van der Waals surface area (Å²) in [5, 5.41) is 6.10. The van der Waals surface area contributed by atoms with Crippen molar-refractivity contribution < 1.29 is 4.39 Å². The van der Waals surface area contributed by atoms with Crippen LogP contribution in [0.5, 0.6) is 0 Å². The Morgan fingerprint density at radius 1 is 1.50 bits per heavy atom. The van der Waals surface area contributed by atoms with Crippen LogP contribution in [0.2, 0.25) is 0 Å². The molecule has 2 nitrogen and oxygen atoms in total. The number of allylic oxidation sites excluding steroid dienone is 1. The minimum Gasteiger partial charge on any atom is -0.303 e. The minimum absolute atomic E-state index is 0.254. The molecule has 0 aromatic heterocycles. The summed E-state index contributed by atoms with van der Waals surface area (Å²) in [7, 11) is 9.19. The maximum atomic E-state index is 13.6. The van der Waals surface area contributed by atoms with Crippen LogP contribution in [-0.2, 0) is 0 Å². The van der Waals surface area contributed by atoms with E-state index in [1.54, 1.807) is 11.1 Å². The smallest absolute Gasteiger partial charge is 0.121 e. The summed E-state index contributed by atoms with van der Waals surface area (Å²) < 4.78 is 13.6. The van der Waals surface area contributed by atoms with Gasteiger partial charge in [0.2, 0.25) is 0 Å². The van der Waals surface area contributed by atoms with Gasteiger partial charge in [-0.3, -0.25) is 4.39 Å². The van der Waals surface area contributed by atoms with Gasteiger partial charge in [-0.25, -0.2) is 0 Å². The van der Waals surface area contributed by atoms with E-state index in [0.29, 0.717) is 18.8 Å². The quantitative estimate of drug-likeness (QED) is 0.405. The van der Waals surface area contributed by atoms with E-state index in [4.69, 9.17) is 7.85 Å². The Morgan fingerprint density at radius 3 is 2.25 bits per heavy atom. The molecule has 4 heteroatoms. The summed E-state index contributed by atoms with van der Waals surface area (Å²) in [6.07, 6.45) is 2.38. The van der Waals surface area contributed by atoms with E-state index in [9.17, 15) is 4.39 Å². The second-order valence-corrected chi connectivity index (χ2v) is 5.24. The molecule has 0 N–H and O–H groups in total. The summed E-state index contributed by atoms with van der Waals surface area (Å²) in [5.41, 5.74) is -0.957. The fourth-order valence-electron chi connectivity index (χ4n) is 2.44. The molecule has 0 heterocycles. The number of hydrogen-bond donors (Lipinski definition) is 0. The fraction of sp³-hybridized carbons (Fsp3) is 0.750. The molecule has 0 aromatic rings. The molecule has 2 radical (unpaired) electrons. The summed E-state index contributed by atoms with van der Waals surface area (Å²) in [4.78, 5) is 0. The monoisotopic (exact) mass is 222 g/mol. The second kappa shape index (κ2) is 4.23. The normalized spacial score (nSPS) is 34.8. The van der Waals surface area contributed by atoms with Crippen LogP contribution in [-0.4, -0.2) is 38.2 Å². The molecule has 0 atom stereocenters. The average Bonchev–Trinajstić information content (AvgIpc) is 2.08. The van der Waals surface area contributed by atoms with Crippen LogP contribution in [0.3, 0.4) is 0 Å². The Labute approximate surface area is 99.0 Å². The van der Waals surface area contributed by atoms with Crippen LogP contribution in [0.1, 0.15) is 26.7 Å². The fourth-order valence-corrected chi connectivity index (χ4v) is 2.44. The largest absolute Gasteiger partial charge is 0.303 e. The van der Waals surface area contributed by atoms with Crippen LogP contribution in [0, 0.1) is 11.3 Å². The van der Waals surface area contributed by atoms with Crippen LogP contribution in [0.4, 0.5) is 4.39 Å². The highest BCUT2D eigenvalue weighted by Crippen LogP contribution is 2.54. The van der Waals surface area contributed by atoms with Crippen molar-refractivity contribution in [3.63, 3.8) is 0 Å². The van der Waals surface area contributed by atoms with E-state index in [0.717, 1.165) is 5.71 Å². The molecule has 1 aliphatic carbocycles. The Morgan fingerprint density at radius 2 is 2.00 bits per heavy atom. The van der Waals surface area contributed by atoms with E-state index in [1.807, 2.05) is 14.1 Å². The summed E-state index contributed by atoms with van der Waals surface area (Å²) in [5.74, 6) is 0.302. The zero-order valence-corrected chi connectivity index (χ0v) is 10.6. The molecular formula is C12H20BFN2. The van der Waals surface area contributed by atoms with E-state index < -0.39 is 5.57 Å². The van der Waals surface area contributed by atoms with Crippen LogP contribution in [0.15, 0.2) is 17.8 Å². The molecule has 0 spiro atoms. The maximum absolute atomic E-state index is 13.6. The van der Waals surface area contributed by atoms with Gasteiger partial charge >= 0.3 is 0 Å². The lowest BCUT2D eigenvalue weighted by atomic mass is 9.47. The van der Waals surface area contributed by atoms with Crippen molar-refractivity contribution in [2.75, 3.05) is 14.1 Å². The molecule has 0 unspecified atom stereocenters. The predicted octanol–water partition coefficient (Wildman–Crippen LogP) is 2.36. The third-order valence-electron chi connectivity index (χ3n) is 3.34. The van der Waals surface area contributed by atoms with Crippen molar-refractivity contribution in [1.29, 1.82) is 0 Å². The summed E-state index contributed by atoms with van der Waals surface area (Å²) >= 11 is 0. The summed E-state index contributed by atoms with van der Waals surface area (Å²) in [6, 6.07) is 0. The van der Waals surface area contributed by atoms with Gasteiger partial charge in [-0.2, -0.15) is 5.10 Å². The Kier molecular flexibility index (Phi) is 3.51. The number of hydrazone groups is 1. The molecule has 1 aliphatic rings. The van der Waals surface area contributed by atoms with Crippen LogP contribution >= 0.6 is 0 Å². The van der Waals surface area contributed by atoms with Crippen molar-refractivity contribution in [1.82, 2.24) is 5.01 Å². The van der Waals surface area contributed by atoms with Gasteiger partial charge in [0.15, 0.2) is 0 Å². The highest BCUT2D eigenvalue weighted by molar-refractivity contribution is 6.17. The van der Waals surface area contributed by atoms with Gasteiger partial charge in [0, 0.05) is 19.5 Å². The van der Waals surface area contributed by atoms with Gasteiger partial charge in [0.05, 0.1) is 11.3 Å². The molecule has 0 bridgehead atoms. The molecule has 16 heavy (non-hydrogen) atoms. The van der Waals surface area contributed by atoms with Crippen molar-refractivity contribution >= 4 is 13.6 Å². The SMILES string of the molecule is [B]C1(F)CC(/C(C=C)=N/N(C)C)(C(C)C)C1. The van der Waals surface area contributed by atoms with Crippen molar-refractivity contribution in [3.05, 3.63) is 12.7 Å². The molecule has 0 amide bonds. The number of alkyl halides is 1. The van der Waals surface area contributed by atoms with E-state index >= 15 is 0 Å². The number of halogens is 1. The molecule has 88 valence electrons. The highest BCUT2D eigenvalue weighted by Gasteiger charge is 2.55. The lowest BCUT2D eigenvalue weighted by Gasteiger charge is -2.53. The Bertz CT molecular complexity index is 300. The number of hydrogen-bond acceptors (Lipinski definition) is 2. The van der Waals surface area contributed by atoms with Gasteiger partial charge in [0.1, 0.15) is 7.85 Å². The van der Waals surface area contributed by atoms with Gasteiger partial charge in [0.25, 0.3) is 0 Å². The number of rotatable bonds is 4. The molecule has 0 aliphatic heterocycles. The first kappa shape index (κ1) is 13.3. The average molecular weight is 222 g/mol. The van der Waals surface area contributed by atoms with E-state index in [2.05, 4.69) is 25.5 Å². The van der Waals surface area contributed by atoms with E-state index in [-0.39, 0.29) is 5.41 Å². The molecule has 0 aromatic carbocycles. The first-order valence-corrected chi connectivity index (χ1v) is 5.60. The Balaban J connectivity index is 3.00. The maximum Gasteiger partial charge on any atom is 0.121 e. The van der Waals surface area contributed by atoms with Gasteiger partial charge < -0.3 is 5.01 Å². The van der Waals surface area contributed by atoms with Crippen molar-refractivity contribution in [2.45, 2.75) is 32.3 Å². The van der Waals surface area contributed by atoms with Crippen LogP contribution in [0.25, 0.3) is 0 Å². The lowest BCUT2D eigenvalue weighted by Crippen LogP contribution is -2.56. The van der Waals surface area contributed by atoms with Gasteiger partial charge in [-0.1, -0.05) is 20.4 Å².